The summed E-state index contributed by atoms with van der Waals surface area (Å²) in [5.41, 5.74) is 2.56. The predicted molar refractivity (Wildman–Crippen MR) is 83.2 cm³/mol. The Morgan fingerprint density at radius 1 is 1.20 bits per heavy atom. The molecule has 1 N–H and O–H groups in total. The first kappa shape index (κ1) is 15.5. The summed E-state index contributed by atoms with van der Waals surface area (Å²) in [6.45, 7) is 5.54. The lowest BCUT2D eigenvalue weighted by Gasteiger charge is -2.22. The molecule has 0 aromatic heterocycles. The topological polar surface area (TPSA) is 46.2 Å². The second kappa shape index (κ2) is 6.27. The Labute approximate surface area is 122 Å². The Morgan fingerprint density at radius 2 is 1.85 bits per heavy atom. The fraction of sp³-hybridized carbons (Fsp3) is 0.625. The van der Waals surface area contributed by atoms with Crippen LogP contribution in [0.4, 0.5) is 0 Å². The van der Waals surface area contributed by atoms with E-state index in [1.54, 1.807) is 13.8 Å². The fourth-order valence-electron chi connectivity index (χ4n) is 2.81. The molecule has 2 atom stereocenters. The second-order valence-corrected chi connectivity index (χ2v) is 8.47. The van der Waals surface area contributed by atoms with Gasteiger partial charge in [-0.25, -0.2) is 13.1 Å². The van der Waals surface area contributed by atoms with Gasteiger partial charge < -0.3 is 0 Å². The number of aryl methyl sites for hydroxylation is 1. The Morgan fingerprint density at radius 3 is 2.45 bits per heavy atom. The van der Waals surface area contributed by atoms with E-state index >= 15 is 0 Å². The molecule has 4 heteroatoms. The molecule has 0 bridgehead atoms. The SMILES string of the molecule is Cc1ccc(C[C@H]2CCCC2NS(=O)(=O)C(C)C)cc1. The fourth-order valence-corrected chi connectivity index (χ4v) is 3.81. The van der Waals surface area contributed by atoms with Gasteiger partial charge >= 0.3 is 0 Å². The normalized spacial score (nSPS) is 23.4. The number of hydrogen-bond donors (Lipinski definition) is 1. The molecule has 112 valence electrons. The van der Waals surface area contributed by atoms with Crippen LogP contribution in [0.2, 0.25) is 0 Å². The summed E-state index contributed by atoms with van der Waals surface area (Å²) in [5, 5.41) is -0.358. The van der Waals surface area contributed by atoms with E-state index in [0.717, 1.165) is 25.7 Å². The minimum atomic E-state index is -3.16. The molecule has 0 heterocycles. The molecule has 1 unspecified atom stereocenters. The van der Waals surface area contributed by atoms with Crippen molar-refractivity contribution in [3.8, 4) is 0 Å². The molecule has 0 aliphatic heterocycles. The van der Waals surface area contributed by atoms with Crippen molar-refractivity contribution in [2.45, 2.75) is 57.7 Å². The molecule has 2 rings (SSSR count). The van der Waals surface area contributed by atoms with E-state index in [0.29, 0.717) is 5.92 Å². The summed E-state index contributed by atoms with van der Waals surface area (Å²) in [6.07, 6.45) is 4.15. The molecule has 20 heavy (non-hydrogen) atoms. The van der Waals surface area contributed by atoms with Crippen molar-refractivity contribution >= 4 is 10.0 Å². The van der Waals surface area contributed by atoms with Gasteiger partial charge in [-0.1, -0.05) is 36.2 Å². The van der Waals surface area contributed by atoms with Crippen LogP contribution in [0.15, 0.2) is 24.3 Å². The first-order valence-corrected chi connectivity index (χ1v) is 9.00. The number of rotatable bonds is 5. The van der Waals surface area contributed by atoms with E-state index in [4.69, 9.17) is 0 Å². The average Bonchev–Trinajstić information content (AvgIpc) is 2.79. The summed E-state index contributed by atoms with van der Waals surface area (Å²) in [5.74, 6) is 0.422. The number of nitrogens with one attached hydrogen (secondary N) is 1. The predicted octanol–water partition coefficient (Wildman–Crippen LogP) is 3.03. The lowest BCUT2D eigenvalue weighted by molar-refractivity contribution is 0.440. The number of hydrogen-bond acceptors (Lipinski definition) is 2. The third-order valence-corrected chi connectivity index (χ3v) is 6.09. The van der Waals surface area contributed by atoms with E-state index in [2.05, 4.69) is 35.9 Å². The van der Waals surface area contributed by atoms with E-state index in [1.807, 2.05) is 0 Å². The summed E-state index contributed by atoms with van der Waals surface area (Å²) in [6, 6.07) is 8.65. The van der Waals surface area contributed by atoms with Gasteiger partial charge in [-0.2, -0.15) is 0 Å². The van der Waals surface area contributed by atoms with Gasteiger partial charge in [-0.3, -0.25) is 0 Å². The zero-order chi connectivity index (χ0) is 14.8. The maximum absolute atomic E-state index is 12.0. The molecule has 1 saturated carbocycles. The van der Waals surface area contributed by atoms with Gasteiger partial charge in [-0.05, 0) is 51.5 Å². The van der Waals surface area contributed by atoms with Crippen molar-refractivity contribution in [3.05, 3.63) is 35.4 Å². The molecule has 0 radical (unpaired) electrons. The highest BCUT2D eigenvalue weighted by molar-refractivity contribution is 7.90. The Hall–Kier alpha value is -0.870. The third-order valence-electron chi connectivity index (χ3n) is 4.21. The molecule has 1 aromatic rings. The maximum Gasteiger partial charge on any atom is 0.214 e. The molecule has 1 aromatic carbocycles. The molecule has 1 aliphatic rings. The van der Waals surface area contributed by atoms with Gasteiger partial charge in [0.1, 0.15) is 0 Å². The van der Waals surface area contributed by atoms with Crippen LogP contribution in [0.5, 0.6) is 0 Å². The molecule has 3 nitrogen and oxygen atoms in total. The van der Waals surface area contributed by atoms with Crippen LogP contribution in [0.25, 0.3) is 0 Å². The molecule has 1 aliphatic carbocycles. The van der Waals surface area contributed by atoms with Crippen LogP contribution in [-0.4, -0.2) is 19.7 Å². The third kappa shape index (κ3) is 3.83. The molecule has 0 amide bonds. The van der Waals surface area contributed by atoms with Gasteiger partial charge in [-0.15, -0.1) is 0 Å². The van der Waals surface area contributed by atoms with Gasteiger partial charge in [0.2, 0.25) is 10.0 Å². The van der Waals surface area contributed by atoms with Crippen molar-refractivity contribution in [1.29, 1.82) is 0 Å². The summed E-state index contributed by atoms with van der Waals surface area (Å²) in [7, 11) is -3.16. The summed E-state index contributed by atoms with van der Waals surface area (Å²) >= 11 is 0. The molecular weight excluding hydrogens is 270 g/mol. The Balaban J connectivity index is 2.02. The van der Waals surface area contributed by atoms with E-state index in [-0.39, 0.29) is 11.3 Å². The van der Waals surface area contributed by atoms with Crippen molar-refractivity contribution in [1.82, 2.24) is 4.72 Å². The zero-order valence-electron chi connectivity index (χ0n) is 12.6. The molecule has 0 saturated heterocycles. The summed E-state index contributed by atoms with van der Waals surface area (Å²) in [4.78, 5) is 0. The molecule has 1 fully saturated rings. The summed E-state index contributed by atoms with van der Waals surface area (Å²) < 4.78 is 26.9. The highest BCUT2D eigenvalue weighted by Crippen LogP contribution is 2.29. The van der Waals surface area contributed by atoms with Crippen molar-refractivity contribution in [3.63, 3.8) is 0 Å². The molecular formula is C16H25NO2S. The van der Waals surface area contributed by atoms with E-state index < -0.39 is 10.0 Å². The van der Waals surface area contributed by atoms with Crippen molar-refractivity contribution in [2.75, 3.05) is 0 Å². The van der Waals surface area contributed by atoms with Crippen LogP contribution >= 0.6 is 0 Å². The minimum absolute atomic E-state index is 0.101. The highest BCUT2D eigenvalue weighted by Gasteiger charge is 2.31. The van der Waals surface area contributed by atoms with E-state index in [9.17, 15) is 8.42 Å². The number of sulfonamides is 1. The van der Waals surface area contributed by atoms with Crippen LogP contribution in [0.1, 0.15) is 44.2 Å². The Bertz CT molecular complexity index is 534. The molecule has 0 spiro atoms. The first-order chi connectivity index (χ1) is 9.38. The minimum Gasteiger partial charge on any atom is -0.212 e. The van der Waals surface area contributed by atoms with Crippen LogP contribution in [0, 0.1) is 12.8 Å². The smallest absolute Gasteiger partial charge is 0.212 e. The van der Waals surface area contributed by atoms with Gasteiger partial charge in [0.05, 0.1) is 5.25 Å². The average molecular weight is 295 g/mol. The van der Waals surface area contributed by atoms with Crippen LogP contribution < -0.4 is 4.72 Å². The first-order valence-electron chi connectivity index (χ1n) is 7.45. The largest absolute Gasteiger partial charge is 0.214 e. The van der Waals surface area contributed by atoms with Gasteiger partial charge in [0, 0.05) is 6.04 Å². The van der Waals surface area contributed by atoms with Gasteiger partial charge in [0.25, 0.3) is 0 Å². The maximum atomic E-state index is 12.0. The number of benzene rings is 1. The lowest BCUT2D eigenvalue weighted by atomic mass is 9.95. The second-order valence-electron chi connectivity index (χ2n) is 6.20. The highest BCUT2D eigenvalue weighted by atomic mass is 32.2. The monoisotopic (exact) mass is 295 g/mol. The van der Waals surface area contributed by atoms with Crippen LogP contribution in [-0.2, 0) is 16.4 Å². The Kier molecular flexibility index (Phi) is 4.86. The quantitative estimate of drug-likeness (QED) is 0.907. The van der Waals surface area contributed by atoms with Crippen molar-refractivity contribution < 1.29 is 8.42 Å². The lowest BCUT2D eigenvalue weighted by Crippen LogP contribution is -2.41. The van der Waals surface area contributed by atoms with Gasteiger partial charge in [0.15, 0.2) is 0 Å². The standard InChI is InChI=1S/C16H25NO2S/c1-12(2)20(18,19)17-16-6-4-5-15(16)11-14-9-7-13(3)8-10-14/h7-10,12,15-17H,4-6,11H2,1-3H3/t15-,16?/m1/s1. The van der Waals surface area contributed by atoms with E-state index in [1.165, 1.54) is 11.1 Å². The zero-order valence-corrected chi connectivity index (χ0v) is 13.4. The van der Waals surface area contributed by atoms with Crippen molar-refractivity contribution in [2.24, 2.45) is 5.92 Å². The van der Waals surface area contributed by atoms with Crippen LogP contribution in [0.3, 0.4) is 0 Å².